The Hall–Kier alpha value is -0.870. The lowest BCUT2D eigenvalue weighted by molar-refractivity contribution is 0.327. The van der Waals surface area contributed by atoms with Crippen molar-refractivity contribution in [2.45, 2.75) is 55.9 Å². The zero-order valence-corrected chi connectivity index (χ0v) is 12.8. The molecule has 1 saturated heterocycles. The lowest BCUT2D eigenvalue weighted by Gasteiger charge is -2.35. The predicted octanol–water partition coefficient (Wildman–Crippen LogP) is 2.49. The van der Waals surface area contributed by atoms with Crippen molar-refractivity contribution in [1.29, 1.82) is 0 Å². The van der Waals surface area contributed by atoms with Gasteiger partial charge in [-0.05, 0) is 44.1 Å². The molecule has 1 aliphatic carbocycles. The maximum absolute atomic E-state index is 12.5. The summed E-state index contributed by atoms with van der Waals surface area (Å²) in [5.41, 5.74) is 1.29. The highest BCUT2D eigenvalue weighted by Crippen LogP contribution is 2.37. The van der Waals surface area contributed by atoms with E-state index in [0.29, 0.717) is 17.7 Å². The molecule has 1 aliphatic heterocycles. The van der Waals surface area contributed by atoms with Crippen LogP contribution in [0.3, 0.4) is 0 Å². The van der Waals surface area contributed by atoms with Crippen LogP contribution in [0.15, 0.2) is 30.3 Å². The Kier molecular flexibility index (Phi) is 3.87. The van der Waals surface area contributed by atoms with Crippen molar-refractivity contribution in [2.24, 2.45) is 0 Å². The monoisotopic (exact) mass is 293 g/mol. The molecule has 2 aliphatic rings. The summed E-state index contributed by atoms with van der Waals surface area (Å²) >= 11 is 0. The van der Waals surface area contributed by atoms with Crippen LogP contribution in [0.4, 0.5) is 0 Å². The zero-order valence-electron chi connectivity index (χ0n) is 12.0. The van der Waals surface area contributed by atoms with Gasteiger partial charge in [-0.2, -0.15) is 0 Å². The van der Waals surface area contributed by atoms with Crippen molar-refractivity contribution in [3.8, 4) is 0 Å². The van der Waals surface area contributed by atoms with Gasteiger partial charge in [0, 0.05) is 12.1 Å². The minimum atomic E-state index is -2.96. The molecule has 0 radical (unpaired) electrons. The Morgan fingerprint density at radius 2 is 1.85 bits per heavy atom. The van der Waals surface area contributed by atoms with Crippen LogP contribution in [0.25, 0.3) is 0 Å². The van der Waals surface area contributed by atoms with Gasteiger partial charge in [0.05, 0.1) is 11.0 Å². The van der Waals surface area contributed by atoms with E-state index in [0.717, 1.165) is 25.7 Å². The third-order valence-electron chi connectivity index (χ3n) is 4.86. The Bertz CT molecular complexity index is 555. The molecule has 1 aromatic rings. The van der Waals surface area contributed by atoms with Gasteiger partial charge in [-0.1, -0.05) is 30.3 Å². The molecule has 0 bridgehead atoms. The molecule has 0 aromatic heterocycles. The van der Waals surface area contributed by atoms with E-state index in [1.807, 2.05) is 18.2 Å². The van der Waals surface area contributed by atoms with Gasteiger partial charge in [0.1, 0.15) is 0 Å². The van der Waals surface area contributed by atoms with Gasteiger partial charge < -0.3 is 5.32 Å². The molecule has 1 N–H and O–H groups in total. The molecule has 1 saturated carbocycles. The summed E-state index contributed by atoms with van der Waals surface area (Å²) in [6.45, 7) is 2.10. The second-order valence-electron chi connectivity index (χ2n) is 6.29. The average molecular weight is 293 g/mol. The molecule has 20 heavy (non-hydrogen) atoms. The van der Waals surface area contributed by atoms with Crippen LogP contribution < -0.4 is 5.32 Å². The van der Waals surface area contributed by atoms with Gasteiger partial charge in [0.2, 0.25) is 0 Å². The molecule has 4 unspecified atom stereocenters. The first-order valence-electron chi connectivity index (χ1n) is 7.59. The molecule has 0 amide bonds. The molecule has 1 aromatic carbocycles. The quantitative estimate of drug-likeness (QED) is 0.865. The second-order valence-corrected chi connectivity index (χ2v) is 8.63. The van der Waals surface area contributed by atoms with Gasteiger partial charge in [-0.15, -0.1) is 0 Å². The third kappa shape index (κ3) is 2.77. The number of sulfone groups is 1. The second kappa shape index (κ2) is 5.49. The fraction of sp³-hybridized carbons (Fsp3) is 0.625. The maximum atomic E-state index is 12.5. The summed E-state index contributed by atoms with van der Waals surface area (Å²) in [6.07, 6.45) is 3.57. The van der Waals surface area contributed by atoms with Gasteiger partial charge in [-0.25, -0.2) is 8.42 Å². The standard InChI is InChI=1S/C16H23NO2S/c1-12-9-10-20(18,19)16-11-14(7-8-15(16)17-12)13-5-3-2-4-6-13/h2-6,12,14-17H,7-11H2,1H3. The smallest absolute Gasteiger partial charge is 0.154 e. The van der Waals surface area contributed by atoms with E-state index in [9.17, 15) is 8.42 Å². The molecule has 3 rings (SSSR count). The first-order chi connectivity index (χ1) is 9.56. The fourth-order valence-electron chi connectivity index (χ4n) is 3.69. The van der Waals surface area contributed by atoms with Crippen LogP contribution >= 0.6 is 0 Å². The van der Waals surface area contributed by atoms with Crippen molar-refractivity contribution in [3.63, 3.8) is 0 Å². The number of nitrogens with one attached hydrogen (secondary N) is 1. The summed E-state index contributed by atoms with van der Waals surface area (Å²) in [4.78, 5) is 0. The number of hydrogen-bond acceptors (Lipinski definition) is 3. The highest BCUT2D eigenvalue weighted by atomic mass is 32.2. The van der Waals surface area contributed by atoms with Crippen LogP contribution in [0.1, 0.15) is 44.1 Å². The van der Waals surface area contributed by atoms with E-state index in [4.69, 9.17) is 0 Å². The van der Waals surface area contributed by atoms with Crippen LogP contribution in [-0.2, 0) is 9.84 Å². The molecular formula is C16H23NO2S. The van der Waals surface area contributed by atoms with Crippen LogP contribution in [0, 0.1) is 0 Å². The Labute approximate surface area is 121 Å². The molecule has 1 heterocycles. The van der Waals surface area contributed by atoms with Crippen LogP contribution in [0.5, 0.6) is 0 Å². The summed E-state index contributed by atoms with van der Waals surface area (Å²) in [5.74, 6) is 0.728. The first-order valence-corrected chi connectivity index (χ1v) is 9.30. The summed E-state index contributed by atoms with van der Waals surface area (Å²) in [7, 11) is -2.96. The molecule has 0 spiro atoms. The normalized spacial score (nSPS) is 36.9. The molecule has 4 heteroatoms. The SMILES string of the molecule is CC1CCS(=O)(=O)C2CC(c3ccccc3)CCC2N1. The van der Waals surface area contributed by atoms with E-state index < -0.39 is 9.84 Å². The number of hydrogen-bond donors (Lipinski definition) is 1. The van der Waals surface area contributed by atoms with E-state index in [1.54, 1.807) is 0 Å². The van der Waals surface area contributed by atoms with Gasteiger partial charge in [0.15, 0.2) is 9.84 Å². The van der Waals surface area contributed by atoms with Crippen molar-refractivity contribution >= 4 is 9.84 Å². The topological polar surface area (TPSA) is 46.2 Å². The van der Waals surface area contributed by atoms with Crippen molar-refractivity contribution in [3.05, 3.63) is 35.9 Å². The summed E-state index contributed by atoms with van der Waals surface area (Å²) in [6, 6.07) is 10.8. The van der Waals surface area contributed by atoms with Gasteiger partial charge in [-0.3, -0.25) is 0 Å². The molecule has 110 valence electrons. The molecule has 2 fully saturated rings. The van der Waals surface area contributed by atoms with Gasteiger partial charge >= 0.3 is 0 Å². The minimum absolute atomic E-state index is 0.150. The lowest BCUT2D eigenvalue weighted by Crippen LogP contribution is -2.48. The van der Waals surface area contributed by atoms with Crippen molar-refractivity contribution in [2.75, 3.05) is 5.75 Å². The van der Waals surface area contributed by atoms with E-state index in [2.05, 4.69) is 24.4 Å². The molecule has 4 atom stereocenters. The number of rotatable bonds is 1. The van der Waals surface area contributed by atoms with Gasteiger partial charge in [0.25, 0.3) is 0 Å². The maximum Gasteiger partial charge on any atom is 0.154 e. The Balaban J connectivity index is 1.84. The fourth-order valence-corrected chi connectivity index (χ4v) is 5.91. The zero-order chi connectivity index (χ0) is 14.2. The van der Waals surface area contributed by atoms with Crippen molar-refractivity contribution < 1.29 is 8.42 Å². The highest BCUT2D eigenvalue weighted by Gasteiger charge is 2.41. The predicted molar refractivity (Wildman–Crippen MR) is 81.6 cm³/mol. The lowest BCUT2D eigenvalue weighted by atomic mass is 9.81. The van der Waals surface area contributed by atoms with E-state index in [1.165, 1.54) is 5.56 Å². The van der Waals surface area contributed by atoms with Crippen LogP contribution in [0.2, 0.25) is 0 Å². The molecule has 3 nitrogen and oxygen atoms in total. The largest absolute Gasteiger partial charge is 0.310 e. The Morgan fingerprint density at radius 1 is 1.10 bits per heavy atom. The average Bonchev–Trinajstić information content (AvgIpc) is 2.57. The summed E-state index contributed by atoms with van der Waals surface area (Å²) in [5, 5.41) is 3.33. The summed E-state index contributed by atoms with van der Waals surface area (Å²) < 4.78 is 25.0. The van der Waals surface area contributed by atoms with E-state index in [-0.39, 0.29) is 11.3 Å². The van der Waals surface area contributed by atoms with E-state index >= 15 is 0 Å². The molecular weight excluding hydrogens is 270 g/mol. The highest BCUT2D eigenvalue weighted by molar-refractivity contribution is 7.92. The Morgan fingerprint density at radius 3 is 2.60 bits per heavy atom. The van der Waals surface area contributed by atoms with Crippen LogP contribution in [-0.4, -0.2) is 31.5 Å². The first kappa shape index (κ1) is 14.1. The number of benzene rings is 1. The number of fused-ring (bicyclic) bond motifs is 1. The van der Waals surface area contributed by atoms with Crippen molar-refractivity contribution in [1.82, 2.24) is 5.32 Å². The minimum Gasteiger partial charge on any atom is -0.310 e. The third-order valence-corrected chi connectivity index (χ3v) is 7.11.